The van der Waals surface area contributed by atoms with Crippen LogP contribution in [0.25, 0.3) is 0 Å². The number of hydrogen-bond acceptors (Lipinski definition) is 2. The van der Waals surface area contributed by atoms with E-state index >= 15 is 0 Å². The van der Waals surface area contributed by atoms with Gasteiger partial charge in [-0.15, -0.1) is 0 Å². The number of aryl methyl sites for hydroxylation is 1. The molecule has 96 valence electrons. The van der Waals surface area contributed by atoms with Crippen molar-refractivity contribution in [3.8, 4) is 0 Å². The summed E-state index contributed by atoms with van der Waals surface area (Å²) in [6.07, 6.45) is 1.23. The highest BCUT2D eigenvalue weighted by Gasteiger charge is 2.07. The number of carbonyl (C=O) groups is 2. The third kappa shape index (κ3) is 3.62. The second-order valence-corrected chi connectivity index (χ2v) is 4.54. The molecule has 0 heterocycles. The Bertz CT molecular complexity index is 568. The molecule has 0 bridgehead atoms. The summed E-state index contributed by atoms with van der Waals surface area (Å²) in [7, 11) is 0. The fourth-order valence-corrected chi connectivity index (χ4v) is 1.94. The Morgan fingerprint density at radius 2 is 1.42 bits per heavy atom. The Morgan fingerprint density at radius 3 is 2.00 bits per heavy atom. The lowest BCUT2D eigenvalue weighted by Crippen LogP contribution is -2.02. The van der Waals surface area contributed by atoms with Gasteiger partial charge in [0.1, 0.15) is 0 Å². The van der Waals surface area contributed by atoms with Crippen LogP contribution in [0.2, 0.25) is 0 Å². The van der Waals surface area contributed by atoms with E-state index in [9.17, 15) is 9.59 Å². The first-order chi connectivity index (χ1) is 9.16. The minimum absolute atomic E-state index is 0.0169. The fourth-order valence-electron chi connectivity index (χ4n) is 1.94. The Labute approximate surface area is 113 Å². The van der Waals surface area contributed by atoms with Gasteiger partial charge in [0.25, 0.3) is 0 Å². The van der Waals surface area contributed by atoms with Crippen molar-refractivity contribution in [1.29, 1.82) is 0 Å². The van der Waals surface area contributed by atoms with Crippen LogP contribution in [0.4, 0.5) is 0 Å². The van der Waals surface area contributed by atoms with E-state index in [2.05, 4.69) is 0 Å². The lowest BCUT2D eigenvalue weighted by molar-refractivity contribution is 0.0979. The zero-order valence-electron chi connectivity index (χ0n) is 10.9. The van der Waals surface area contributed by atoms with Crippen molar-refractivity contribution in [3.63, 3.8) is 0 Å². The summed E-state index contributed by atoms with van der Waals surface area (Å²) in [4.78, 5) is 23.2. The van der Waals surface area contributed by atoms with Gasteiger partial charge in [-0.2, -0.15) is 0 Å². The van der Waals surface area contributed by atoms with E-state index in [1.165, 1.54) is 6.92 Å². The minimum Gasteiger partial charge on any atom is -0.295 e. The van der Waals surface area contributed by atoms with E-state index in [0.717, 1.165) is 12.0 Å². The van der Waals surface area contributed by atoms with Crippen molar-refractivity contribution in [2.24, 2.45) is 0 Å². The molecule has 2 rings (SSSR count). The maximum absolute atomic E-state index is 12.0. The summed E-state index contributed by atoms with van der Waals surface area (Å²) in [5, 5.41) is 0. The summed E-state index contributed by atoms with van der Waals surface area (Å²) >= 11 is 0. The van der Waals surface area contributed by atoms with Gasteiger partial charge in [-0.25, -0.2) is 0 Å². The SMILES string of the molecule is CC(=O)c1ccc(C(=O)CCc2ccccc2)cc1. The molecule has 0 N–H and O–H groups in total. The van der Waals surface area contributed by atoms with E-state index in [4.69, 9.17) is 0 Å². The molecule has 0 aliphatic heterocycles. The lowest BCUT2D eigenvalue weighted by Gasteiger charge is -2.02. The van der Waals surface area contributed by atoms with E-state index in [1.807, 2.05) is 30.3 Å². The van der Waals surface area contributed by atoms with Crippen LogP contribution in [0.15, 0.2) is 54.6 Å². The van der Waals surface area contributed by atoms with Crippen LogP contribution in [-0.4, -0.2) is 11.6 Å². The topological polar surface area (TPSA) is 34.1 Å². The molecule has 0 aliphatic carbocycles. The molecule has 2 aromatic rings. The highest BCUT2D eigenvalue weighted by atomic mass is 16.1. The van der Waals surface area contributed by atoms with Gasteiger partial charge in [-0.1, -0.05) is 54.6 Å². The zero-order valence-corrected chi connectivity index (χ0v) is 10.9. The third-order valence-electron chi connectivity index (χ3n) is 3.10. The molecular weight excluding hydrogens is 236 g/mol. The van der Waals surface area contributed by atoms with Gasteiger partial charge in [0.15, 0.2) is 11.6 Å². The maximum atomic E-state index is 12.0. The first-order valence-corrected chi connectivity index (χ1v) is 6.35. The Morgan fingerprint density at radius 1 is 0.842 bits per heavy atom. The molecule has 0 aliphatic rings. The van der Waals surface area contributed by atoms with Crippen LogP contribution in [-0.2, 0) is 6.42 Å². The van der Waals surface area contributed by atoms with Gasteiger partial charge in [-0.05, 0) is 18.9 Å². The highest BCUT2D eigenvalue weighted by molar-refractivity contribution is 5.98. The van der Waals surface area contributed by atoms with Crippen LogP contribution >= 0.6 is 0 Å². The van der Waals surface area contributed by atoms with Crippen molar-refractivity contribution in [2.75, 3.05) is 0 Å². The van der Waals surface area contributed by atoms with Crippen LogP contribution < -0.4 is 0 Å². The van der Waals surface area contributed by atoms with Crippen molar-refractivity contribution < 1.29 is 9.59 Å². The summed E-state index contributed by atoms with van der Waals surface area (Å²) in [6, 6.07) is 16.8. The van der Waals surface area contributed by atoms with Gasteiger partial charge in [0, 0.05) is 17.5 Å². The van der Waals surface area contributed by atoms with Gasteiger partial charge in [0.05, 0.1) is 0 Å². The third-order valence-corrected chi connectivity index (χ3v) is 3.10. The molecule has 0 spiro atoms. The molecule has 0 fully saturated rings. The molecule has 2 aromatic carbocycles. The quantitative estimate of drug-likeness (QED) is 0.760. The van der Waals surface area contributed by atoms with Crippen molar-refractivity contribution in [3.05, 3.63) is 71.3 Å². The minimum atomic E-state index is 0.0169. The van der Waals surface area contributed by atoms with Gasteiger partial charge < -0.3 is 0 Å². The highest BCUT2D eigenvalue weighted by Crippen LogP contribution is 2.10. The van der Waals surface area contributed by atoms with Crippen LogP contribution in [0.3, 0.4) is 0 Å². The molecule has 2 nitrogen and oxygen atoms in total. The molecule has 0 radical (unpaired) electrons. The smallest absolute Gasteiger partial charge is 0.163 e. The van der Waals surface area contributed by atoms with Crippen molar-refractivity contribution in [1.82, 2.24) is 0 Å². The summed E-state index contributed by atoms with van der Waals surface area (Å²) in [5.74, 6) is 0.127. The van der Waals surface area contributed by atoms with Gasteiger partial charge in [0.2, 0.25) is 0 Å². The first kappa shape index (κ1) is 13.2. The molecule has 0 atom stereocenters. The second-order valence-electron chi connectivity index (χ2n) is 4.54. The van der Waals surface area contributed by atoms with Gasteiger partial charge in [-0.3, -0.25) is 9.59 Å². The van der Waals surface area contributed by atoms with Crippen LogP contribution in [0.1, 0.15) is 39.6 Å². The number of Topliss-reactive ketones (excluding diaryl/α,β-unsaturated/α-hetero) is 2. The maximum Gasteiger partial charge on any atom is 0.163 e. The van der Waals surface area contributed by atoms with Crippen molar-refractivity contribution in [2.45, 2.75) is 19.8 Å². The monoisotopic (exact) mass is 252 g/mol. The Balaban J connectivity index is 1.98. The number of rotatable bonds is 5. The number of ketones is 2. The Hall–Kier alpha value is -2.22. The van der Waals surface area contributed by atoms with Crippen LogP contribution in [0, 0.1) is 0 Å². The average Bonchev–Trinajstić information content (AvgIpc) is 2.46. The first-order valence-electron chi connectivity index (χ1n) is 6.35. The summed E-state index contributed by atoms with van der Waals surface area (Å²) < 4.78 is 0. The molecule has 0 unspecified atom stereocenters. The number of carbonyl (C=O) groups excluding carboxylic acids is 2. The molecule has 19 heavy (non-hydrogen) atoms. The summed E-state index contributed by atoms with van der Waals surface area (Å²) in [5.41, 5.74) is 2.47. The molecule has 0 amide bonds. The average molecular weight is 252 g/mol. The standard InChI is InChI=1S/C17H16O2/c1-13(18)15-8-10-16(11-9-15)17(19)12-7-14-5-3-2-4-6-14/h2-6,8-11H,7,12H2,1H3. The lowest BCUT2D eigenvalue weighted by atomic mass is 10.0. The normalized spacial score (nSPS) is 10.2. The van der Waals surface area contributed by atoms with E-state index < -0.39 is 0 Å². The van der Waals surface area contributed by atoms with E-state index in [0.29, 0.717) is 17.5 Å². The molecular formula is C17H16O2. The van der Waals surface area contributed by atoms with Crippen LogP contribution in [0.5, 0.6) is 0 Å². The predicted octanol–water partition coefficient (Wildman–Crippen LogP) is 3.70. The largest absolute Gasteiger partial charge is 0.295 e. The zero-order chi connectivity index (χ0) is 13.7. The predicted molar refractivity (Wildman–Crippen MR) is 75.5 cm³/mol. The number of hydrogen-bond donors (Lipinski definition) is 0. The number of benzene rings is 2. The molecule has 0 aromatic heterocycles. The second kappa shape index (κ2) is 6.10. The molecule has 0 saturated carbocycles. The van der Waals surface area contributed by atoms with E-state index in [-0.39, 0.29) is 11.6 Å². The van der Waals surface area contributed by atoms with Gasteiger partial charge >= 0.3 is 0 Å². The van der Waals surface area contributed by atoms with Crippen molar-refractivity contribution >= 4 is 11.6 Å². The molecule has 0 saturated heterocycles. The van der Waals surface area contributed by atoms with E-state index in [1.54, 1.807) is 24.3 Å². The molecule has 2 heteroatoms. The Kier molecular flexibility index (Phi) is 4.24. The summed E-state index contributed by atoms with van der Waals surface area (Å²) in [6.45, 7) is 1.52. The fraction of sp³-hybridized carbons (Fsp3) is 0.176.